The monoisotopic (exact) mass is 456 g/mol. The minimum absolute atomic E-state index is 0.123. The zero-order valence-corrected chi connectivity index (χ0v) is 19.0. The Morgan fingerprint density at radius 3 is 2.53 bits per heavy atom. The molecule has 2 aromatic carbocycles. The van der Waals surface area contributed by atoms with E-state index in [4.69, 9.17) is 16.3 Å². The highest BCUT2D eigenvalue weighted by Crippen LogP contribution is 2.27. The Labute approximate surface area is 182 Å². The van der Waals surface area contributed by atoms with E-state index in [1.54, 1.807) is 6.92 Å². The van der Waals surface area contributed by atoms with Crippen LogP contribution >= 0.6 is 11.6 Å². The van der Waals surface area contributed by atoms with E-state index in [0.717, 1.165) is 33.5 Å². The highest BCUT2D eigenvalue weighted by atomic mass is 35.5. The lowest BCUT2D eigenvalue weighted by atomic mass is 10.1. The van der Waals surface area contributed by atoms with Gasteiger partial charge < -0.3 is 10.1 Å². The van der Waals surface area contributed by atoms with Crippen molar-refractivity contribution in [3.8, 4) is 5.75 Å². The van der Waals surface area contributed by atoms with Gasteiger partial charge in [-0.1, -0.05) is 30.7 Å². The number of carbonyl (C=O) groups is 1. The molecule has 6 nitrogen and oxygen atoms in total. The second-order valence-electron chi connectivity index (χ2n) is 6.99. The molecule has 0 aromatic heterocycles. The molecule has 0 bridgehead atoms. The van der Waals surface area contributed by atoms with Gasteiger partial charge in [-0.25, -0.2) is 12.8 Å². The predicted octanol–water partition coefficient (Wildman–Crippen LogP) is 3.84. The van der Waals surface area contributed by atoms with E-state index in [0.29, 0.717) is 0 Å². The smallest absolute Gasteiger partial charge is 0.244 e. The van der Waals surface area contributed by atoms with Gasteiger partial charge in [0.25, 0.3) is 0 Å². The van der Waals surface area contributed by atoms with Crippen molar-refractivity contribution in [2.45, 2.75) is 33.2 Å². The largest absolute Gasteiger partial charge is 0.491 e. The lowest BCUT2D eigenvalue weighted by Gasteiger charge is -2.30. The van der Waals surface area contributed by atoms with Crippen LogP contribution in [0.1, 0.15) is 24.5 Å². The summed E-state index contributed by atoms with van der Waals surface area (Å²) in [6.07, 6.45) is 1.20. The minimum Gasteiger partial charge on any atom is -0.491 e. The molecular formula is C21H26ClFN2O4S. The fourth-order valence-corrected chi connectivity index (χ4v) is 4.38. The molecule has 0 unspecified atom stereocenters. The van der Waals surface area contributed by atoms with Crippen molar-refractivity contribution < 1.29 is 22.3 Å². The van der Waals surface area contributed by atoms with Crippen molar-refractivity contribution in [3.05, 3.63) is 58.4 Å². The number of hydrogen-bond acceptors (Lipinski definition) is 4. The summed E-state index contributed by atoms with van der Waals surface area (Å²) in [5.74, 6) is -0.419. The summed E-state index contributed by atoms with van der Waals surface area (Å²) < 4.78 is 45.0. The van der Waals surface area contributed by atoms with Crippen molar-refractivity contribution in [1.29, 1.82) is 0 Å². The van der Waals surface area contributed by atoms with E-state index in [2.05, 4.69) is 5.32 Å². The molecule has 0 radical (unpaired) electrons. The topological polar surface area (TPSA) is 75.7 Å². The highest BCUT2D eigenvalue weighted by Gasteiger charge is 2.31. The van der Waals surface area contributed by atoms with Crippen LogP contribution in [0.25, 0.3) is 0 Å². The maximum atomic E-state index is 13.5. The first-order chi connectivity index (χ1) is 14.0. The first-order valence-electron chi connectivity index (χ1n) is 9.46. The molecule has 1 atom stereocenters. The van der Waals surface area contributed by atoms with Gasteiger partial charge in [-0.05, 0) is 55.7 Å². The third-order valence-corrected chi connectivity index (χ3v) is 5.96. The molecule has 164 valence electrons. The Morgan fingerprint density at radius 2 is 1.93 bits per heavy atom. The SMILES string of the molecule is CC[C@@H](C(=O)NCCOc1cc(C)ccc1C)N(c1ccc(F)c(Cl)c1)S(C)(=O)=O. The van der Waals surface area contributed by atoms with Gasteiger partial charge in [0.05, 0.1) is 23.5 Å². The number of ether oxygens (including phenoxy) is 1. The molecule has 0 aliphatic heterocycles. The average molecular weight is 457 g/mol. The zero-order chi connectivity index (χ0) is 22.5. The number of nitrogens with one attached hydrogen (secondary N) is 1. The Kier molecular flexibility index (Phi) is 8.09. The maximum absolute atomic E-state index is 13.5. The number of rotatable bonds is 9. The summed E-state index contributed by atoms with van der Waals surface area (Å²) in [6, 6.07) is 8.38. The van der Waals surface area contributed by atoms with Crippen molar-refractivity contribution in [3.63, 3.8) is 0 Å². The summed E-state index contributed by atoms with van der Waals surface area (Å²) in [6.45, 7) is 6.01. The third kappa shape index (κ3) is 6.09. The first-order valence-corrected chi connectivity index (χ1v) is 11.7. The lowest BCUT2D eigenvalue weighted by Crippen LogP contribution is -2.50. The van der Waals surface area contributed by atoms with Crippen LogP contribution in [0.5, 0.6) is 5.75 Å². The lowest BCUT2D eigenvalue weighted by molar-refractivity contribution is -0.122. The van der Waals surface area contributed by atoms with Gasteiger partial charge in [-0.3, -0.25) is 9.10 Å². The van der Waals surface area contributed by atoms with Gasteiger partial charge in [0.15, 0.2) is 0 Å². The van der Waals surface area contributed by atoms with Crippen LogP contribution in [-0.4, -0.2) is 39.8 Å². The number of hydrogen-bond donors (Lipinski definition) is 1. The molecule has 0 heterocycles. The van der Waals surface area contributed by atoms with Crippen molar-refractivity contribution >= 4 is 33.2 Å². The Hall–Kier alpha value is -2.32. The van der Waals surface area contributed by atoms with Gasteiger partial charge in [-0.15, -0.1) is 0 Å². The number of amides is 1. The summed E-state index contributed by atoms with van der Waals surface area (Å²) >= 11 is 5.81. The van der Waals surface area contributed by atoms with Crippen molar-refractivity contribution in [2.75, 3.05) is 23.7 Å². The van der Waals surface area contributed by atoms with Gasteiger partial charge >= 0.3 is 0 Å². The van der Waals surface area contributed by atoms with Gasteiger partial charge in [-0.2, -0.15) is 0 Å². The standard InChI is InChI=1S/C21H26ClFN2O4S/c1-5-19(25(30(4,27)28)16-8-9-18(23)17(22)13-16)21(26)24-10-11-29-20-12-14(2)6-7-15(20)3/h6-9,12-13,19H,5,10-11H2,1-4H3,(H,24,26)/t19-/m0/s1. The van der Waals surface area contributed by atoms with E-state index in [1.807, 2.05) is 32.0 Å². The molecular weight excluding hydrogens is 431 g/mol. The fourth-order valence-electron chi connectivity index (χ4n) is 3.00. The van der Waals surface area contributed by atoms with Crippen LogP contribution in [0.2, 0.25) is 5.02 Å². The molecule has 2 rings (SSSR count). The fraction of sp³-hybridized carbons (Fsp3) is 0.381. The summed E-state index contributed by atoms with van der Waals surface area (Å²) in [4.78, 5) is 12.7. The number of aryl methyl sites for hydroxylation is 2. The zero-order valence-electron chi connectivity index (χ0n) is 17.4. The Morgan fingerprint density at radius 1 is 1.23 bits per heavy atom. The molecule has 1 N–H and O–H groups in total. The van der Waals surface area contributed by atoms with E-state index in [-0.39, 0.29) is 30.3 Å². The number of anilines is 1. The molecule has 0 saturated heterocycles. The molecule has 2 aromatic rings. The number of nitrogens with zero attached hydrogens (tertiary/aromatic N) is 1. The number of halogens is 2. The summed E-state index contributed by atoms with van der Waals surface area (Å²) in [5, 5.41) is 2.49. The number of carbonyl (C=O) groups excluding carboxylic acids is 1. The first kappa shape index (κ1) is 24.0. The van der Waals surface area contributed by atoms with Crippen LogP contribution in [0, 0.1) is 19.7 Å². The van der Waals surface area contributed by atoms with Crippen LogP contribution in [0.3, 0.4) is 0 Å². The molecule has 0 saturated carbocycles. The van der Waals surface area contributed by atoms with Crippen LogP contribution in [0.15, 0.2) is 36.4 Å². The predicted molar refractivity (Wildman–Crippen MR) is 117 cm³/mol. The number of benzene rings is 2. The second-order valence-corrected chi connectivity index (χ2v) is 9.26. The normalized spacial score (nSPS) is 12.3. The minimum atomic E-state index is -3.83. The molecule has 0 aliphatic rings. The molecule has 0 fully saturated rings. The van der Waals surface area contributed by atoms with Crippen LogP contribution in [-0.2, 0) is 14.8 Å². The van der Waals surface area contributed by atoms with Gasteiger partial charge in [0.2, 0.25) is 15.9 Å². The molecule has 0 aliphatic carbocycles. The van der Waals surface area contributed by atoms with Crippen molar-refractivity contribution in [1.82, 2.24) is 5.32 Å². The Balaban J connectivity index is 2.10. The van der Waals surface area contributed by atoms with Crippen LogP contribution < -0.4 is 14.4 Å². The van der Waals surface area contributed by atoms with Gasteiger partial charge in [0.1, 0.15) is 24.2 Å². The van der Waals surface area contributed by atoms with E-state index in [9.17, 15) is 17.6 Å². The molecule has 30 heavy (non-hydrogen) atoms. The number of sulfonamides is 1. The quantitative estimate of drug-likeness (QED) is 0.582. The maximum Gasteiger partial charge on any atom is 0.244 e. The van der Waals surface area contributed by atoms with Crippen molar-refractivity contribution in [2.24, 2.45) is 0 Å². The van der Waals surface area contributed by atoms with E-state index < -0.39 is 27.8 Å². The summed E-state index contributed by atoms with van der Waals surface area (Å²) in [7, 11) is -3.83. The second kappa shape index (κ2) is 10.1. The summed E-state index contributed by atoms with van der Waals surface area (Å²) in [5.41, 5.74) is 2.17. The Bertz CT molecular complexity index is 1010. The van der Waals surface area contributed by atoms with Gasteiger partial charge in [0, 0.05) is 0 Å². The molecule has 9 heteroatoms. The van der Waals surface area contributed by atoms with Crippen LogP contribution in [0.4, 0.5) is 10.1 Å². The average Bonchev–Trinajstić information content (AvgIpc) is 2.67. The molecule has 0 spiro atoms. The van der Waals surface area contributed by atoms with E-state index >= 15 is 0 Å². The highest BCUT2D eigenvalue weighted by molar-refractivity contribution is 7.92. The van der Waals surface area contributed by atoms with E-state index in [1.165, 1.54) is 12.1 Å². The third-order valence-electron chi connectivity index (χ3n) is 4.49. The molecule has 1 amide bonds.